The summed E-state index contributed by atoms with van der Waals surface area (Å²) in [5.41, 5.74) is 1.33. The summed E-state index contributed by atoms with van der Waals surface area (Å²) in [4.78, 5) is 0. The van der Waals surface area contributed by atoms with E-state index in [1.165, 1.54) is 5.57 Å². The second-order valence-electron chi connectivity index (χ2n) is 1.96. The molecule has 0 unspecified atom stereocenters. The average molecular weight is 132 g/mol. The molecule has 0 aromatic heterocycles. The summed E-state index contributed by atoms with van der Waals surface area (Å²) >= 11 is 5.57. The highest BCUT2D eigenvalue weighted by molar-refractivity contribution is 6.19. The number of nitrogens with one attached hydrogen (secondary N) is 1. The van der Waals surface area contributed by atoms with E-state index in [4.69, 9.17) is 11.6 Å². The SMILES string of the molecule is ClCC1=CCCNC1. The summed E-state index contributed by atoms with van der Waals surface area (Å²) in [7, 11) is 0. The van der Waals surface area contributed by atoms with Gasteiger partial charge in [0.2, 0.25) is 0 Å². The summed E-state index contributed by atoms with van der Waals surface area (Å²) in [5.74, 6) is 0.688. The molecule has 0 spiro atoms. The van der Waals surface area contributed by atoms with E-state index in [9.17, 15) is 0 Å². The van der Waals surface area contributed by atoms with E-state index in [0.717, 1.165) is 19.5 Å². The first-order valence-electron chi connectivity index (χ1n) is 2.88. The van der Waals surface area contributed by atoms with E-state index in [-0.39, 0.29) is 0 Å². The molecule has 1 N–H and O–H groups in total. The normalized spacial score (nSPS) is 20.4. The van der Waals surface area contributed by atoms with Crippen LogP contribution in [0.15, 0.2) is 11.6 Å². The number of halogens is 1. The van der Waals surface area contributed by atoms with Gasteiger partial charge in [0.05, 0.1) is 0 Å². The van der Waals surface area contributed by atoms with Gasteiger partial charge in [-0.3, -0.25) is 0 Å². The molecule has 1 aliphatic rings. The minimum atomic E-state index is 0.688. The highest BCUT2D eigenvalue weighted by Gasteiger charge is 1.98. The Morgan fingerprint density at radius 3 is 3.00 bits per heavy atom. The summed E-state index contributed by atoms with van der Waals surface area (Å²) in [6.45, 7) is 2.10. The minimum Gasteiger partial charge on any atom is -0.313 e. The van der Waals surface area contributed by atoms with Crippen LogP contribution in [0.4, 0.5) is 0 Å². The third kappa shape index (κ3) is 1.49. The molecule has 8 heavy (non-hydrogen) atoms. The quantitative estimate of drug-likeness (QED) is 0.416. The van der Waals surface area contributed by atoms with Gasteiger partial charge in [-0.25, -0.2) is 0 Å². The minimum absolute atomic E-state index is 0.688. The molecule has 0 bridgehead atoms. The first-order valence-corrected chi connectivity index (χ1v) is 3.41. The zero-order valence-electron chi connectivity index (χ0n) is 4.78. The van der Waals surface area contributed by atoms with Gasteiger partial charge in [0.25, 0.3) is 0 Å². The summed E-state index contributed by atoms with van der Waals surface area (Å²) in [5, 5.41) is 3.23. The lowest BCUT2D eigenvalue weighted by Crippen LogP contribution is -2.22. The second kappa shape index (κ2) is 3.10. The number of hydrogen-bond donors (Lipinski definition) is 1. The fourth-order valence-electron chi connectivity index (χ4n) is 0.801. The van der Waals surface area contributed by atoms with Crippen molar-refractivity contribution in [3.05, 3.63) is 11.6 Å². The van der Waals surface area contributed by atoms with Crippen LogP contribution in [0.5, 0.6) is 0 Å². The Balaban J connectivity index is 2.37. The van der Waals surface area contributed by atoms with Crippen LogP contribution >= 0.6 is 11.6 Å². The van der Waals surface area contributed by atoms with Crippen molar-refractivity contribution in [3.8, 4) is 0 Å². The molecule has 1 heterocycles. The smallest absolute Gasteiger partial charge is 0.0445 e. The van der Waals surface area contributed by atoms with Crippen LogP contribution in [0.25, 0.3) is 0 Å². The molecule has 0 saturated carbocycles. The van der Waals surface area contributed by atoms with Crippen LogP contribution in [-0.4, -0.2) is 19.0 Å². The van der Waals surface area contributed by atoms with Crippen molar-refractivity contribution in [2.24, 2.45) is 0 Å². The fraction of sp³-hybridized carbons (Fsp3) is 0.667. The monoisotopic (exact) mass is 131 g/mol. The first kappa shape index (κ1) is 6.12. The lowest BCUT2D eigenvalue weighted by molar-refractivity contribution is 0.704. The second-order valence-corrected chi connectivity index (χ2v) is 2.23. The van der Waals surface area contributed by atoms with Gasteiger partial charge < -0.3 is 5.32 Å². The van der Waals surface area contributed by atoms with Crippen LogP contribution in [0.3, 0.4) is 0 Å². The van der Waals surface area contributed by atoms with E-state index in [1.807, 2.05) is 0 Å². The Morgan fingerprint density at radius 1 is 1.75 bits per heavy atom. The van der Waals surface area contributed by atoms with Crippen molar-refractivity contribution in [3.63, 3.8) is 0 Å². The third-order valence-electron chi connectivity index (χ3n) is 1.28. The Bertz CT molecular complexity index is 98.7. The maximum atomic E-state index is 5.57. The average Bonchev–Trinajstić information content (AvgIpc) is 1.90. The molecule has 0 aromatic carbocycles. The van der Waals surface area contributed by atoms with Crippen LogP contribution in [-0.2, 0) is 0 Å². The Hall–Kier alpha value is -0.0100. The van der Waals surface area contributed by atoms with Crippen LogP contribution < -0.4 is 5.32 Å². The van der Waals surface area contributed by atoms with Gasteiger partial charge in [-0.1, -0.05) is 6.08 Å². The topological polar surface area (TPSA) is 12.0 Å². The van der Waals surface area contributed by atoms with Gasteiger partial charge in [0, 0.05) is 12.4 Å². The van der Waals surface area contributed by atoms with Crippen LogP contribution in [0.2, 0.25) is 0 Å². The standard InChI is InChI=1S/C6H10ClN/c7-4-6-2-1-3-8-5-6/h2,8H,1,3-5H2. The van der Waals surface area contributed by atoms with Crippen LogP contribution in [0, 0.1) is 0 Å². The Morgan fingerprint density at radius 2 is 2.62 bits per heavy atom. The zero-order valence-corrected chi connectivity index (χ0v) is 5.54. The zero-order chi connectivity index (χ0) is 5.82. The third-order valence-corrected chi connectivity index (χ3v) is 1.62. The Labute approximate surface area is 54.7 Å². The number of rotatable bonds is 1. The van der Waals surface area contributed by atoms with Gasteiger partial charge in [-0.2, -0.15) is 0 Å². The van der Waals surface area contributed by atoms with E-state index < -0.39 is 0 Å². The van der Waals surface area contributed by atoms with Crippen molar-refractivity contribution in [2.75, 3.05) is 19.0 Å². The van der Waals surface area contributed by atoms with Crippen molar-refractivity contribution in [1.82, 2.24) is 5.32 Å². The fourth-order valence-corrected chi connectivity index (χ4v) is 1.00. The molecular formula is C6H10ClN. The first-order chi connectivity index (χ1) is 3.93. The predicted octanol–water partition coefficient (Wildman–Crippen LogP) is 1.14. The summed E-state index contributed by atoms with van der Waals surface area (Å²) in [6.07, 6.45) is 3.35. The highest BCUT2D eigenvalue weighted by Crippen LogP contribution is 2.01. The molecule has 1 aliphatic heterocycles. The molecular weight excluding hydrogens is 122 g/mol. The molecule has 0 atom stereocenters. The van der Waals surface area contributed by atoms with Gasteiger partial charge in [-0.05, 0) is 18.5 Å². The lowest BCUT2D eigenvalue weighted by atomic mass is 10.2. The van der Waals surface area contributed by atoms with E-state index in [1.54, 1.807) is 0 Å². The van der Waals surface area contributed by atoms with Crippen molar-refractivity contribution in [1.29, 1.82) is 0 Å². The van der Waals surface area contributed by atoms with Crippen LogP contribution in [0.1, 0.15) is 6.42 Å². The highest BCUT2D eigenvalue weighted by atomic mass is 35.5. The maximum absolute atomic E-state index is 5.57. The number of alkyl halides is 1. The summed E-state index contributed by atoms with van der Waals surface area (Å²) < 4.78 is 0. The number of hydrogen-bond acceptors (Lipinski definition) is 1. The Kier molecular flexibility index (Phi) is 2.37. The van der Waals surface area contributed by atoms with Gasteiger partial charge >= 0.3 is 0 Å². The van der Waals surface area contributed by atoms with Gasteiger partial charge in [-0.15, -0.1) is 11.6 Å². The predicted molar refractivity (Wildman–Crippen MR) is 36.3 cm³/mol. The largest absolute Gasteiger partial charge is 0.313 e. The molecule has 0 radical (unpaired) electrons. The van der Waals surface area contributed by atoms with E-state index >= 15 is 0 Å². The summed E-state index contributed by atoms with van der Waals surface area (Å²) in [6, 6.07) is 0. The molecule has 0 saturated heterocycles. The van der Waals surface area contributed by atoms with Crippen molar-refractivity contribution < 1.29 is 0 Å². The van der Waals surface area contributed by atoms with E-state index in [2.05, 4.69) is 11.4 Å². The lowest BCUT2D eigenvalue weighted by Gasteiger charge is -2.10. The van der Waals surface area contributed by atoms with E-state index in [0.29, 0.717) is 5.88 Å². The van der Waals surface area contributed by atoms with Crippen molar-refractivity contribution in [2.45, 2.75) is 6.42 Å². The molecule has 0 amide bonds. The molecule has 46 valence electrons. The van der Waals surface area contributed by atoms with Gasteiger partial charge in [0.15, 0.2) is 0 Å². The molecule has 1 rings (SSSR count). The molecule has 0 fully saturated rings. The molecule has 1 nitrogen and oxygen atoms in total. The molecule has 2 heteroatoms. The van der Waals surface area contributed by atoms with Gasteiger partial charge in [0.1, 0.15) is 0 Å². The maximum Gasteiger partial charge on any atom is 0.0445 e. The molecule has 0 aromatic rings. The van der Waals surface area contributed by atoms with Crippen molar-refractivity contribution >= 4 is 11.6 Å². The molecule has 0 aliphatic carbocycles.